The molecule has 0 spiro atoms. The maximum absolute atomic E-state index is 11.1. The predicted octanol–water partition coefficient (Wildman–Crippen LogP) is 3.96. The van der Waals surface area contributed by atoms with Crippen LogP contribution in [-0.4, -0.2) is 13.2 Å². The van der Waals surface area contributed by atoms with E-state index in [4.69, 9.17) is 0 Å². The first kappa shape index (κ1) is 13.5. The van der Waals surface area contributed by atoms with Crippen molar-refractivity contribution in [2.75, 3.05) is 17.7 Å². The summed E-state index contributed by atoms with van der Waals surface area (Å²) < 4.78 is 4.57. The molecular formula is C17H18N2O2. The number of ether oxygens (including phenoxy) is 1. The zero-order chi connectivity index (χ0) is 14.7. The standard InChI is InChI=1S/C17H18N2O2/c1-21-17(20)19-14-9-7-13(8-10-14)18-16-11-6-12-4-2-3-5-15(12)16/h2-5,7-10,16,18H,6,11H2,1H3,(H,19,20). The summed E-state index contributed by atoms with van der Waals surface area (Å²) in [4.78, 5) is 11.1. The number of benzene rings is 2. The highest BCUT2D eigenvalue weighted by Gasteiger charge is 2.21. The van der Waals surface area contributed by atoms with Gasteiger partial charge in [-0.15, -0.1) is 0 Å². The van der Waals surface area contributed by atoms with Crippen molar-refractivity contribution in [3.63, 3.8) is 0 Å². The van der Waals surface area contributed by atoms with Crippen molar-refractivity contribution in [1.82, 2.24) is 0 Å². The summed E-state index contributed by atoms with van der Waals surface area (Å²) in [7, 11) is 1.35. The molecule has 0 radical (unpaired) electrons. The maximum Gasteiger partial charge on any atom is 0.411 e. The summed E-state index contributed by atoms with van der Waals surface area (Å²) in [5.41, 5.74) is 4.58. The number of nitrogens with one attached hydrogen (secondary N) is 2. The molecule has 2 aromatic carbocycles. The molecule has 0 saturated carbocycles. The fourth-order valence-electron chi connectivity index (χ4n) is 2.73. The number of aryl methyl sites for hydroxylation is 1. The number of fused-ring (bicyclic) bond motifs is 1. The number of carbonyl (C=O) groups is 1. The van der Waals surface area contributed by atoms with Crippen LogP contribution in [0.15, 0.2) is 48.5 Å². The Labute approximate surface area is 124 Å². The van der Waals surface area contributed by atoms with E-state index < -0.39 is 6.09 Å². The molecule has 1 aliphatic rings. The number of anilines is 2. The number of hydrogen-bond acceptors (Lipinski definition) is 3. The van der Waals surface area contributed by atoms with Crippen LogP contribution in [0.4, 0.5) is 16.2 Å². The van der Waals surface area contributed by atoms with Gasteiger partial charge in [-0.05, 0) is 48.2 Å². The van der Waals surface area contributed by atoms with E-state index in [1.165, 1.54) is 18.2 Å². The first-order valence-corrected chi connectivity index (χ1v) is 7.05. The molecule has 2 N–H and O–H groups in total. The second-order valence-corrected chi connectivity index (χ2v) is 5.13. The van der Waals surface area contributed by atoms with Crippen molar-refractivity contribution >= 4 is 17.5 Å². The van der Waals surface area contributed by atoms with E-state index in [2.05, 4.69) is 39.6 Å². The monoisotopic (exact) mass is 282 g/mol. The van der Waals surface area contributed by atoms with E-state index >= 15 is 0 Å². The Morgan fingerprint density at radius 3 is 2.57 bits per heavy atom. The molecular weight excluding hydrogens is 264 g/mol. The molecule has 108 valence electrons. The molecule has 0 aliphatic heterocycles. The average Bonchev–Trinajstić information content (AvgIpc) is 2.92. The van der Waals surface area contributed by atoms with E-state index in [1.54, 1.807) is 0 Å². The lowest BCUT2D eigenvalue weighted by atomic mass is 10.1. The molecule has 1 unspecified atom stereocenters. The number of methoxy groups -OCH3 is 1. The predicted molar refractivity (Wildman–Crippen MR) is 83.6 cm³/mol. The quantitative estimate of drug-likeness (QED) is 0.895. The molecule has 0 heterocycles. The largest absolute Gasteiger partial charge is 0.453 e. The Balaban J connectivity index is 1.68. The molecule has 1 aliphatic carbocycles. The summed E-state index contributed by atoms with van der Waals surface area (Å²) >= 11 is 0. The van der Waals surface area contributed by atoms with Crippen LogP contribution in [-0.2, 0) is 11.2 Å². The normalized spacial score (nSPS) is 16.1. The van der Waals surface area contributed by atoms with E-state index in [0.29, 0.717) is 6.04 Å². The van der Waals surface area contributed by atoms with Crippen LogP contribution in [0.5, 0.6) is 0 Å². The third kappa shape index (κ3) is 2.99. The Morgan fingerprint density at radius 1 is 1.10 bits per heavy atom. The number of rotatable bonds is 3. The number of carbonyl (C=O) groups excluding carboxylic acids is 1. The van der Waals surface area contributed by atoms with Crippen LogP contribution in [0.3, 0.4) is 0 Å². The molecule has 0 bridgehead atoms. The summed E-state index contributed by atoms with van der Waals surface area (Å²) in [6.45, 7) is 0. The first-order valence-electron chi connectivity index (χ1n) is 7.05. The van der Waals surface area contributed by atoms with Crippen LogP contribution in [0.25, 0.3) is 0 Å². The summed E-state index contributed by atoms with van der Waals surface area (Å²) in [5.74, 6) is 0. The van der Waals surface area contributed by atoms with Gasteiger partial charge in [-0.25, -0.2) is 4.79 Å². The fraction of sp³-hybridized carbons (Fsp3) is 0.235. The van der Waals surface area contributed by atoms with Crippen molar-refractivity contribution in [2.45, 2.75) is 18.9 Å². The molecule has 1 atom stereocenters. The maximum atomic E-state index is 11.1. The van der Waals surface area contributed by atoms with Crippen molar-refractivity contribution in [3.8, 4) is 0 Å². The van der Waals surface area contributed by atoms with E-state index in [0.717, 1.165) is 24.2 Å². The minimum absolute atomic E-state index is 0.362. The van der Waals surface area contributed by atoms with Crippen molar-refractivity contribution in [3.05, 3.63) is 59.7 Å². The van der Waals surface area contributed by atoms with Gasteiger partial charge in [0.05, 0.1) is 13.2 Å². The van der Waals surface area contributed by atoms with Gasteiger partial charge in [0.15, 0.2) is 0 Å². The molecule has 21 heavy (non-hydrogen) atoms. The molecule has 3 rings (SSSR count). The Kier molecular flexibility index (Phi) is 3.77. The third-order valence-corrected chi connectivity index (χ3v) is 3.79. The lowest BCUT2D eigenvalue weighted by molar-refractivity contribution is 0.187. The van der Waals surface area contributed by atoms with Crippen molar-refractivity contribution < 1.29 is 9.53 Å². The fourth-order valence-corrected chi connectivity index (χ4v) is 2.73. The van der Waals surface area contributed by atoms with Gasteiger partial charge in [0.2, 0.25) is 0 Å². The van der Waals surface area contributed by atoms with Crippen molar-refractivity contribution in [1.29, 1.82) is 0 Å². The van der Waals surface area contributed by atoms with E-state index in [9.17, 15) is 4.79 Å². The van der Waals surface area contributed by atoms with Crippen LogP contribution >= 0.6 is 0 Å². The van der Waals surface area contributed by atoms with Gasteiger partial charge in [-0.2, -0.15) is 0 Å². The Morgan fingerprint density at radius 2 is 1.81 bits per heavy atom. The van der Waals surface area contributed by atoms with Crippen LogP contribution < -0.4 is 10.6 Å². The first-order chi connectivity index (χ1) is 10.3. The molecule has 0 saturated heterocycles. The smallest absolute Gasteiger partial charge is 0.411 e. The van der Waals surface area contributed by atoms with Gasteiger partial charge in [0, 0.05) is 11.4 Å². The molecule has 0 fully saturated rings. The lowest BCUT2D eigenvalue weighted by Crippen LogP contribution is -2.11. The topological polar surface area (TPSA) is 50.4 Å². The highest BCUT2D eigenvalue weighted by atomic mass is 16.5. The second-order valence-electron chi connectivity index (χ2n) is 5.13. The zero-order valence-corrected chi connectivity index (χ0v) is 11.9. The number of amides is 1. The van der Waals surface area contributed by atoms with Crippen LogP contribution in [0.1, 0.15) is 23.6 Å². The summed E-state index contributed by atoms with van der Waals surface area (Å²) in [6, 6.07) is 16.6. The van der Waals surface area contributed by atoms with Crippen molar-refractivity contribution in [2.24, 2.45) is 0 Å². The van der Waals surface area contributed by atoms with Crippen LogP contribution in [0.2, 0.25) is 0 Å². The molecule has 1 amide bonds. The van der Waals surface area contributed by atoms with Gasteiger partial charge in [-0.1, -0.05) is 24.3 Å². The molecule has 4 heteroatoms. The third-order valence-electron chi connectivity index (χ3n) is 3.79. The van der Waals surface area contributed by atoms with E-state index in [1.807, 2.05) is 24.3 Å². The minimum atomic E-state index is -0.458. The molecule has 0 aromatic heterocycles. The van der Waals surface area contributed by atoms with E-state index in [-0.39, 0.29) is 0 Å². The van der Waals surface area contributed by atoms with Gasteiger partial charge < -0.3 is 10.1 Å². The summed E-state index contributed by atoms with van der Waals surface area (Å²) in [6.07, 6.45) is 1.78. The van der Waals surface area contributed by atoms with Gasteiger partial charge in [0.25, 0.3) is 0 Å². The van der Waals surface area contributed by atoms with Gasteiger partial charge in [0.1, 0.15) is 0 Å². The molecule has 4 nitrogen and oxygen atoms in total. The van der Waals surface area contributed by atoms with Crippen LogP contribution in [0, 0.1) is 0 Å². The van der Waals surface area contributed by atoms with Gasteiger partial charge in [-0.3, -0.25) is 5.32 Å². The Bertz CT molecular complexity index is 637. The lowest BCUT2D eigenvalue weighted by Gasteiger charge is -2.16. The highest BCUT2D eigenvalue weighted by Crippen LogP contribution is 2.33. The summed E-state index contributed by atoms with van der Waals surface area (Å²) in [5, 5.41) is 6.19. The van der Waals surface area contributed by atoms with Gasteiger partial charge >= 0.3 is 6.09 Å². The SMILES string of the molecule is COC(=O)Nc1ccc(NC2CCc3ccccc32)cc1. The minimum Gasteiger partial charge on any atom is -0.453 e. The number of hydrogen-bond donors (Lipinski definition) is 2. The Hall–Kier alpha value is -2.49. The highest BCUT2D eigenvalue weighted by molar-refractivity contribution is 5.84. The average molecular weight is 282 g/mol. The molecule has 2 aromatic rings. The second kappa shape index (κ2) is 5.87. The zero-order valence-electron chi connectivity index (χ0n) is 11.9.